The number of imidazole rings is 1. The van der Waals surface area contributed by atoms with Crippen molar-refractivity contribution < 1.29 is 23.8 Å². The van der Waals surface area contributed by atoms with Crippen LogP contribution in [-0.4, -0.2) is 54.9 Å². The van der Waals surface area contributed by atoms with Gasteiger partial charge in [0.1, 0.15) is 24.2 Å². The number of nitrogens with zero attached hydrogens (tertiary/aromatic N) is 4. The summed E-state index contributed by atoms with van der Waals surface area (Å²) in [6.45, 7) is -1.67. The maximum atomic E-state index is 10.4. The molecule has 4 N–H and O–H groups in total. The summed E-state index contributed by atoms with van der Waals surface area (Å²) in [4.78, 5) is 22.8. The van der Waals surface area contributed by atoms with E-state index in [1.807, 2.05) is 43.3 Å². The Bertz CT molecular complexity index is 1160. The van der Waals surface area contributed by atoms with Crippen LogP contribution >= 0.6 is 6.72 Å². The molecule has 32 heavy (non-hydrogen) atoms. The summed E-state index contributed by atoms with van der Waals surface area (Å²) in [6, 6.07) is 9.65. The molecule has 0 spiro atoms. The highest BCUT2D eigenvalue weighted by molar-refractivity contribution is 8.07. The number of allylic oxidation sites excluding steroid dienone is 1. The molecular weight excluding hydrogens is 453 g/mol. The van der Waals surface area contributed by atoms with Crippen LogP contribution in [0.3, 0.4) is 0 Å². The number of fused-ring (bicyclic) bond motifs is 1. The zero-order valence-corrected chi connectivity index (χ0v) is 19.0. The summed E-state index contributed by atoms with van der Waals surface area (Å²) in [5.41, 5.74) is 8.64. The molecular formula is C20H24N5O5PS. The van der Waals surface area contributed by atoms with Crippen LogP contribution in [0.2, 0.25) is 0 Å². The fourth-order valence-corrected chi connectivity index (χ4v) is 4.51. The van der Waals surface area contributed by atoms with Gasteiger partial charge in [-0.2, -0.15) is 0 Å². The minimum absolute atomic E-state index is 0.104. The van der Waals surface area contributed by atoms with Crippen LogP contribution in [0, 0.1) is 0 Å². The SMILES string of the molecule is C/C=C(\COP(O)(=S)OC[C@H]1O[C@@H](n2cnc3c(N)ncnc32)C[C@@H]1O)c1ccccc1. The topological polar surface area (TPSA) is 138 Å². The van der Waals surface area contributed by atoms with Crippen LogP contribution in [0.5, 0.6) is 0 Å². The van der Waals surface area contributed by atoms with Gasteiger partial charge in [0.2, 0.25) is 0 Å². The Hall–Kier alpha value is -2.24. The van der Waals surface area contributed by atoms with E-state index in [0.717, 1.165) is 11.1 Å². The van der Waals surface area contributed by atoms with E-state index >= 15 is 0 Å². The summed E-state index contributed by atoms with van der Waals surface area (Å²) in [7, 11) is 0. The van der Waals surface area contributed by atoms with Crippen molar-refractivity contribution in [1.29, 1.82) is 0 Å². The van der Waals surface area contributed by atoms with Gasteiger partial charge in [-0.05, 0) is 29.9 Å². The minimum Gasteiger partial charge on any atom is -0.390 e. The normalized spacial score (nSPS) is 23.5. The van der Waals surface area contributed by atoms with Crippen LogP contribution in [0.1, 0.15) is 25.1 Å². The number of aliphatic hydroxyl groups is 1. The van der Waals surface area contributed by atoms with Crippen LogP contribution in [0.15, 0.2) is 49.1 Å². The van der Waals surface area contributed by atoms with Crippen LogP contribution in [0.4, 0.5) is 5.82 Å². The molecule has 1 fully saturated rings. The summed E-state index contributed by atoms with van der Waals surface area (Å²) < 4.78 is 18.6. The van der Waals surface area contributed by atoms with E-state index < -0.39 is 25.2 Å². The average molecular weight is 477 g/mol. The first kappa shape index (κ1) is 22.9. The second-order valence-electron chi connectivity index (χ2n) is 7.23. The van der Waals surface area contributed by atoms with Gasteiger partial charge in [-0.3, -0.25) is 4.57 Å². The second-order valence-corrected chi connectivity index (χ2v) is 10.1. The Morgan fingerprint density at radius 2 is 2.09 bits per heavy atom. The standard InChI is InChI=1S/C20H24N5O5PS/c1-2-13(14-6-4-3-5-7-14)9-28-31(27,32)29-10-16-15(26)8-17(30-16)25-12-24-18-19(21)22-11-23-20(18)25/h2-7,11-12,15-17,26H,8-10H2,1H3,(H,27,32)(H2,21,22,23)/b13-2+/t15-,16+,17+,31?/m0/s1. The monoisotopic (exact) mass is 477 g/mol. The fourth-order valence-electron chi connectivity index (χ4n) is 3.46. The van der Waals surface area contributed by atoms with Gasteiger partial charge in [-0.15, -0.1) is 0 Å². The molecule has 0 aliphatic carbocycles. The average Bonchev–Trinajstić information content (AvgIpc) is 3.38. The predicted molar refractivity (Wildman–Crippen MR) is 123 cm³/mol. The number of ether oxygens (including phenoxy) is 1. The van der Waals surface area contributed by atoms with Crippen molar-refractivity contribution in [1.82, 2.24) is 19.5 Å². The Kier molecular flexibility index (Phi) is 6.96. The number of nitrogens with two attached hydrogens (primary N) is 1. The van der Waals surface area contributed by atoms with Crippen LogP contribution in [0.25, 0.3) is 16.7 Å². The summed E-state index contributed by atoms with van der Waals surface area (Å²) in [5.74, 6) is 0.265. The highest BCUT2D eigenvalue weighted by atomic mass is 32.5. The molecule has 1 saturated heterocycles. The maximum Gasteiger partial charge on any atom is 0.324 e. The molecule has 170 valence electrons. The quantitative estimate of drug-likeness (QED) is 0.415. The maximum absolute atomic E-state index is 10.4. The molecule has 0 radical (unpaired) electrons. The van der Waals surface area contributed by atoms with E-state index in [-0.39, 0.29) is 25.5 Å². The van der Waals surface area contributed by atoms with Gasteiger partial charge in [0.15, 0.2) is 11.5 Å². The van der Waals surface area contributed by atoms with E-state index in [1.165, 1.54) is 12.7 Å². The zero-order valence-electron chi connectivity index (χ0n) is 17.3. The summed E-state index contributed by atoms with van der Waals surface area (Å²) in [6.07, 6.45) is 3.00. The Morgan fingerprint density at radius 1 is 1.31 bits per heavy atom. The lowest BCUT2D eigenvalue weighted by molar-refractivity contribution is -0.0407. The van der Waals surface area contributed by atoms with Gasteiger partial charge in [-0.1, -0.05) is 36.4 Å². The Balaban J connectivity index is 1.35. The van der Waals surface area contributed by atoms with Crippen molar-refractivity contribution in [2.24, 2.45) is 0 Å². The molecule has 0 bridgehead atoms. The lowest BCUT2D eigenvalue weighted by atomic mass is 10.1. The molecule has 10 nitrogen and oxygen atoms in total. The first-order valence-electron chi connectivity index (χ1n) is 9.97. The molecule has 1 aromatic carbocycles. The number of nitrogen functional groups attached to an aromatic ring is 1. The number of aromatic nitrogens is 4. The van der Waals surface area contributed by atoms with Gasteiger partial charge in [0.25, 0.3) is 0 Å². The predicted octanol–water partition coefficient (Wildman–Crippen LogP) is 2.41. The molecule has 0 saturated carbocycles. The molecule has 2 aromatic heterocycles. The van der Waals surface area contributed by atoms with Crippen LogP contribution in [-0.2, 0) is 25.6 Å². The van der Waals surface area contributed by atoms with Crippen LogP contribution < -0.4 is 5.73 Å². The van der Waals surface area contributed by atoms with Crippen molar-refractivity contribution in [2.45, 2.75) is 31.8 Å². The third-order valence-corrected chi connectivity index (χ3v) is 6.74. The molecule has 12 heteroatoms. The van der Waals surface area contributed by atoms with E-state index in [1.54, 1.807) is 4.57 Å². The number of hydrogen-bond donors (Lipinski definition) is 3. The molecule has 1 aliphatic rings. The van der Waals surface area contributed by atoms with Crippen molar-refractivity contribution in [3.05, 3.63) is 54.6 Å². The summed E-state index contributed by atoms with van der Waals surface area (Å²) in [5, 5.41) is 10.4. The third kappa shape index (κ3) is 5.05. The third-order valence-electron chi connectivity index (χ3n) is 5.18. The lowest BCUT2D eigenvalue weighted by Crippen LogP contribution is -2.26. The lowest BCUT2D eigenvalue weighted by Gasteiger charge is -2.21. The highest BCUT2D eigenvalue weighted by Crippen LogP contribution is 2.45. The van der Waals surface area contributed by atoms with Gasteiger partial charge in [-0.25, -0.2) is 15.0 Å². The molecule has 1 aliphatic heterocycles. The number of aliphatic hydroxyl groups excluding tert-OH is 1. The van der Waals surface area contributed by atoms with Gasteiger partial charge in [0, 0.05) is 6.42 Å². The summed E-state index contributed by atoms with van der Waals surface area (Å²) >= 11 is 5.13. The fraction of sp³-hybridized carbons (Fsp3) is 0.350. The smallest absolute Gasteiger partial charge is 0.324 e. The van der Waals surface area contributed by atoms with Crippen molar-refractivity contribution in [2.75, 3.05) is 18.9 Å². The van der Waals surface area contributed by atoms with Gasteiger partial charge >= 0.3 is 6.72 Å². The van der Waals surface area contributed by atoms with E-state index in [0.29, 0.717) is 11.2 Å². The van der Waals surface area contributed by atoms with Crippen molar-refractivity contribution in [3.63, 3.8) is 0 Å². The van der Waals surface area contributed by atoms with Crippen molar-refractivity contribution in [3.8, 4) is 0 Å². The Morgan fingerprint density at radius 3 is 2.84 bits per heavy atom. The first-order chi connectivity index (χ1) is 15.4. The number of rotatable bonds is 8. The molecule has 3 aromatic rings. The Labute approximate surface area is 189 Å². The molecule has 4 rings (SSSR count). The number of anilines is 1. The number of hydrogen-bond acceptors (Lipinski definition) is 9. The van der Waals surface area contributed by atoms with Gasteiger partial charge < -0.3 is 29.5 Å². The highest BCUT2D eigenvalue weighted by Gasteiger charge is 2.37. The van der Waals surface area contributed by atoms with E-state index in [9.17, 15) is 10.00 Å². The second kappa shape index (κ2) is 9.72. The molecule has 1 unspecified atom stereocenters. The molecule has 4 atom stereocenters. The minimum atomic E-state index is -3.54. The van der Waals surface area contributed by atoms with Gasteiger partial charge in [0.05, 0.1) is 25.6 Å². The molecule has 0 amide bonds. The van der Waals surface area contributed by atoms with Crippen molar-refractivity contribution >= 4 is 41.1 Å². The zero-order chi connectivity index (χ0) is 22.7. The van der Waals surface area contributed by atoms with E-state index in [2.05, 4.69) is 15.0 Å². The molecule has 3 heterocycles. The first-order valence-corrected chi connectivity index (χ1v) is 12.6. The largest absolute Gasteiger partial charge is 0.390 e. The van der Waals surface area contributed by atoms with E-state index in [4.69, 9.17) is 31.3 Å². The number of benzene rings is 1.